The summed E-state index contributed by atoms with van der Waals surface area (Å²) in [5.41, 5.74) is 0. The SMILES string of the molecule is O=C1CCCN1CC(O)CN1CCC(CO)C1. The van der Waals surface area contributed by atoms with E-state index in [0.29, 0.717) is 25.4 Å². The van der Waals surface area contributed by atoms with E-state index in [1.54, 1.807) is 4.90 Å². The van der Waals surface area contributed by atoms with Gasteiger partial charge in [-0.15, -0.1) is 0 Å². The van der Waals surface area contributed by atoms with Crippen molar-refractivity contribution in [2.45, 2.75) is 25.4 Å². The largest absolute Gasteiger partial charge is 0.396 e. The van der Waals surface area contributed by atoms with Crippen LogP contribution in [0.2, 0.25) is 0 Å². The minimum atomic E-state index is -0.463. The zero-order valence-electron chi connectivity index (χ0n) is 10.2. The Bertz CT molecular complexity index is 272. The molecule has 2 N–H and O–H groups in total. The van der Waals surface area contributed by atoms with Crippen molar-refractivity contribution in [3.63, 3.8) is 0 Å². The Morgan fingerprint density at radius 1 is 1.35 bits per heavy atom. The number of rotatable bonds is 5. The molecule has 2 atom stereocenters. The summed E-state index contributed by atoms with van der Waals surface area (Å²) >= 11 is 0. The fourth-order valence-electron chi connectivity index (χ4n) is 2.73. The van der Waals surface area contributed by atoms with Crippen LogP contribution < -0.4 is 0 Å². The molecular formula is C12H22N2O3. The third-order valence-corrected chi connectivity index (χ3v) is 3.70. The number of β-amino-alcohol motifs (C(OH)–C–C–N with tert-alkyl or cyclic N) is 1. The Morgan fingerprint density at radius 3 is 2.76 bits per heavy atom. The molecule has 0 saturated carbocycles. The number of likely N-dealkylation sites (tertiary alicyclic amines) is 2. The Morgan fingerprint density at radius 2 is 2.18 bits per heavy atom. The molecule has 2 rings (SSSR count). The second kappa shape index (κ2) is 5.80. The van der Waals surface area contributed by atoms with Crippen molar-refractivity contribution >= 4 is 5.91 Å². The number of nitrogens with zero attached hydrogens (tertiary/aromatic N) is 2. The maximum atomic E-state index is 11.4. The van der Waals surface area contributed by atoms with E-state index in [9.17, 15) is 9.90 Å². The summed E-state index contributed by atoms with van der Waals surface area (Å²) in [5, 5.41) is 19.0. The first kappa shape index (κ1) is 12.8. The minimum Gasteiger partial charge on any atom is -0.396 e. The molecule has 98 valence electrons. The highest BCUT2D eigenvalue weighted by Crippen LogP contribution is 2.16. The summed E-state index contributed by atoms with van der Waals surface area (Å²) < 4.78 is 0. The van der Waals surface area contributed by atoms with Gasteiger partial charge in [-0.05, 0) is 25.3 Å². The van der Waals surface area contributed by atoms with Gasteiger partial charge in [0, 0.05) is 39.2 Å². The molecule has 0 bridgehead atoms. The smallest absolute Gasteiger partial charge is 0.222 e. The van der Waals surface area contributed by atoms with E-state index in [-0.39, 0.29) is 12.5 Å². The maximum absolute atomic E-state index is 11.4. The van der Waals surface area contributed by atoms with E-state index in [0.717, 1.165) is 32.5 Å². The third kappa shape index (κ3) is 3.40. The normalized spacial score (nSPS) is 28.0. The molecule has 0 radical (unpaired) electrons. The second-order valence-electron chi connectivity index (χ2n) is 5.19. The van der Waals surface area contributed by atoms with E-state index in [2.05, 4.69) is 4.90 Å². The zero-order valence-corrected chi connectivity index (χ0v) is 10.2. The lowest BCUT2D eigenvalue weighted by Crippen LogP contribution is -2.40. The highest BCUT2D eigenvalue weighted by atomic mass is 16.3. The molecular weight excluding hydrogens is 220 g/mol. The number of amides is 1. The predicted molar refractivity (Wildman–Crippen MR) is 63.5 cm³/mol. The van der Waals surface area contributed by atoms with Gasteiger partial charge >= 0.3 is 0 Å². The fraction of sp³-hybridized carbons (Fsp3) is 0.917. The van der Waals surface area contributed by atoms with Crippen LogP contribution in [0.4, 0.5) is 0 Å². The molecule has 0 spiro atoms. The molecule has 2 aliphatic rings. The van der Waals surface area contributed by atoms with Crippen molar-refractivity contribution in [2.75, 3.05) is 39.3 Å². The van der Waals surface area contributed by atoms with Crippen molar-refractivity contribution in [3.05, 3.63) is 0 Å². The first-order valence-corrected chi connectivity index (χ1v) is 6.48. The van der Waals surface area contributed by atoms with Crippen LogP contribution in [-0.2, 0) is 4.79 Å². The summed E-state index contributed by atoms with van der Waals surface area (Å²) in [5.74, 6) is 0.523. The highest BCUT2D eigenvalue weighted by Gasteiger charge is 2.26. The Kier molecular flexibility index (Phi) is 4.36. The minimum absolute atomic E-state index is 0.165. The lowest BCUT2D eigenvalue weighted by atomic mass is 10.1. The molecule has 2 fully saturated rings. The maximum Gasteiger partial charge on any atom is 0.222 e. The molecule has 2 aliphatic heterocycles. The Labute approximate surface area is 102 Å². The zero-order chi connectivity index (χ0) is 12.3. The van der Waals surface area contributed by atoms with Crippen molar-refractivity contribution in [1.29, 1.82) is 0 Å². The van der Waals surface area contributed by atoms with Gasteiger partial charge in [-0.25, -0.2) is 0 Å². The van der Waals surface area contributed by atoms with Crippen LogP contribution in [0.5, 0.6) is 0 Å². The lowest BCUT2D eigenvalue weighted by molar-refractivity contribution is -0.129. The molecule has 2 unspecified atom stereocenters. The van der Waals surface area contributed by atoms with Crippen LogP contribution >= 0.6 is 0 Å². The summed E-state index contributed by atoms with van der Waals surface area (Å²) in [6, 6.07) is 0. The monoisotopic (exact) mass is 242 g/mol. The molecule has 1 amide bonds. The van der Waals surface area contributed by atoms with Crippen molar-refractivity contribution in [3.8, 4) is 0 Å². The van der Waals surface area contributed by atoms with Gasteiger partial charge in [0.1, 0.15) is 0 Å². The first-order valence-electron chi connectivity index (χ1n) is 6.48. The second-order valence-corrected chi connectivity index (χ2v) is 5.19. The number of carbonyl (C=O) groups excluding carboxylic acids is 1. The van der Waals surface area contributed by atoms with Crippen LogP contribution in [0, 0.1) is 5.92 Å². The summed E-state index contributed by atoms with van der Waals surface area (Å²) in [6.45, 7) is 3.89. The highest BCUT2D eigenvalue weighted by molar-refractivity contribution is 5.78. The van der Waals surface area contributed by atoms with Gasteiger partial charge in [0.2, 0.25) is 5.91 Å². The number of carbonyl (C=O) groups is 1. The molecule has 2 saturated heterocycles. The number of aliphatic hydroxyl groups excluding tert-OH is 2. The van der Waals surface area contributed by atoms with E-state index in [1.807, 2.05) is 0 Å². The van der Waals surface area contributed by atoms with Crippen LogP contribution in [-0.4, -0.2) is 71.4 Å². The van der Waals surface area contributed by atoms with Crippen LogP contribution in [0.25, 0.3) is 0 Å². The molecule has 0 aromatic carbocycles. The Balaban J connectivity index is 1.70. The average Bonchev–Trinajstić information content (AvgIpc) is 2.89. The van der Waals surface area contributed by atoms with Gasteiger partial charge in [-0.2, -0.15) is 0 Å². The number of hydrogen-bond acceptors (Lipinski definition) is 4. The lowest BCUT2D eigenvalue weighted by Gasteiger charge is -2.24. The van der Waals surface area contributed by atoms with Gasteiger partial charge in [0.25, 0.3) is 0 Å². The van der Waals surface area contributed by atoms with Gasteiger partial charge in [0.15, 0.2) is 0 Å². The Hall–Kier alpha value is -0.650. The molecule has 5 heteroatoms. The van der Waals surface area contributed by atoms with Crippen molar-refractivity contribution < 1.29 is 15.0 Å². The van der Waals surface area contributed by atoms with Gasteiger partial charge in [0.05, 0.1) is 6.10 Å². The van der Waals surface area contributed by atoms with E-state index in [1.165, 1.54) is 0 Å². The van der Waals surface area contributed by atoms with Crippen LogP contribution in [0.1, 0.15) is 19.3 Å². The quantitative estimate of drug-likeness (QED) is 0.668. The number of hydrogen-bond donors (Lipinski definition) is 2. The molecule has 0 aromatic rings. The van der Waals surface area contributed by atoms with Gasteiger partial charge < -0.3 is 20.0 Å². The average molecular weight is 242 g/mol. The molecule has 0 aliphatic carbocycles. The standard InChI is InChI=1S/C12H22N2O3/c15-9-10-3-5-13(6-10)7-11(16)8-14-4-1-2-12(14)17/h10-11,15-16H,1-9H2. The summed E-state index contributed by atoms with van der Waals surface area (Å²) in [7, 11) is 0. The van der Waals surface area contributed by atoms with Crippen LogP contribution in [0.3, 0.4) is 0 Å². The molecule has 5 nitrogen and oxygen atoms in total. The van der Waals surface area contributed by atoms with E-state index < -0.39 is 6.10 Å². The van der Waals surface area contributed by atoms with Crippen molar-refractivity contribution in [1.82, 2.24) is 9.80 Å². The van der Waals surface area contributed by atoms with Gasteiger partial charge in [-0.1, -0.05) is 0 Å². The molecule has 17 heavy (non-hydrogen) atoms. The summed E-state index contributed by atoms with van der Waals surface area (Å²) in [4.78, 5) is 15.3. The van der Waals surface area contributed by atoms with Crippen molar-refractivity contribution in [2.24, 2.45) is 5.92 Å². The van der Waals surface area contributed by atoms with E-state index in [4.69, 9.17) is 5.11 Å². The van der Waals surface area contributed by atoms with Gasteiger partial charge in [-0.3, -0.25) is 4.79 Å². The number of aliphatic hydroxyl groups is 2. The molecule has 2 heterocycles. The predicted octanol–water partition coefficient (Wildman–Crippen LogP) is -0.716. The fourth-order valence-corrected chi connectivity index (χ4v) is 2.73. The first-order chi connectivity index (χ1) is 8.19. The third-order valence-electron chi connectivity index (χ3n) is 3.70. The van der Waals surface area contributed by atoms with E-state index >= 15 is 0 Å². The van der Waals surface area contributed by atoms with Crippen LogP contribution in [0.15, 0.2) is 0 Å². The summed E-state index contributed by atoms with van der Waals surface area (Å²) in [6.07, 6.45) is 2.09. The molecule has 0 aromatic heterocycles. The topological polar surface area (TPSA) is 64.0 Å².